The molecule has 0 radical (unpaired) electrons. The van der Waals surface area contributed by atoms with Crippen molar-refractivity contribution in [1.29, 1.82) is 0 Å². The largest absolute Gasteiger partial charge is 0.466 e. The third-order valence-electron chi connectivity index (χ3n) is 5.48. The van der Waals surface area contributed by atoms with E-state index in [1.165, 1.54) is 25.6 Å². The van der Waals surface area contributed by atoms with Crippen molar-refractivity contribution < 1.29 is 27.9 Å². The molecule has 2 aromatic carbocycles. The molecule has 0 saturated carbocycles. The first-order valence-corrected chi connectivity index (χ1v) is 10.3. The SMILES string of the molecule is COC(=O)C1ON=C(c2ccc(C)c(-c3cnc(NC(=O)c4c(F)cccc4F)cn3)c2)C1C. The molecule has 1 aliphatic heterocycles. The van der Waals surface area contributed by atoms with Crippen molar-refractivity contribution >= 4 is 23.4 Å². The molecular formula is C24H20F2N4O4. The molecule has 3 aromatic rings. The molecule has 0 spiro atoms. The Morgan fingerprint density at radius 1 is 1.09 bits per heavy atom. The number of aryl methyl sites for hydroxylation is 1. The van der Waals surface area contributed by atoms with Gasteiger partial charge >= 0.3 is 5.97 Å². The summed E-state index contributed by atoms with van der Waals surface area (Å²) in [6.07, 6.45) is 1.92. The summed E-state index contributed by atoms with van der Waals surface area (Å²) >= 11 is 0. The van der Waals surface area contributed by atoms with Crippen LogP contribution in [-0.4, -0.2) is 40.8 Å². The molecule has 1 aliphatic rings. The molecule has 2 heterocycles. The van der Waals surface area contributed by atoms with E-state index < -0.39 is 35.2 Å². The summed E-state index contributed by atoms with van der Waals surface area (Å²) in [5.41, 5.74) is 2.80. The van der Waals surface area contributed by atoms with Gasteiger partial charge in [0.2, 0.25) is 6.10 Å². The molecule has 8 nitrogen and oxygen atoms in total. The predicted octanol–water partition coefficient (Wildman–Crippen LogP) is 3.89. The van der Waals surface area contributed by atoms with Crippen molar-refractivity contribution in [2.45, 2.75) is 20.0 Å². The highest BCUT2D eigenvalue weighted by Gasteiger charge is 2.37. The van der Waals surface area contributed by atoms with Gasteiger partial charge < -0.3 is 14.9 Å². The number of amides is 1. The standard InChI is InChI=1S/C24H20F2N4O4/c1-12-7-8-14(21-13(2)22(34-30-21)24(32)33-3)9-15(12)18-10-28-19(11-27-18)29-23(31)20-16(25)5-4-6-17(20)26/h4-11,13,22H,1-3H3,(H,28,29,31). The molecule has 0 saturated heterocycles. The maximum absolute atomic E-state index is 13.8. The minimum absolute atomic E-state index is 0.0355. The van der Waals surface area contributed by atoms with E-state index in [0.29, 0.717) is 11.4 Å². The molecule has 4 rings (SSSR count). The number of rotatable bonds is 5. The second-order valence-corrected chi connectivity index (χ2v) is 7.68. The number of carbonyl (C=O) groups excluding carboxylic acids is 2. The van der Waals surface area contributed by atoms with Crippen LogP contribution in [0, 0.1) is 24.5 Å². The van der Waals surface area contributed by atoms with Crippen LogP contribution < -0.4 is 5.32 Å². The number of halogens is 2. The molecule has 0 fully saturated rings. The summed E-state index contributed by atoms with van der Waals surface area (Å²) in [6.45, 7) is 3.72. The van der Waals surface area contributed by atoms with Crippen molar-refractivity contribution in [3.8, 4) is 11.3 Å². The Bertz CT molecular complexity index is 1270. The second kappa shape index (κ2) is 9.34. The average molecular weight is 466 g/mol. The van der Waals surface area contributed by atoms with Gasteiger partial charge in [0.15, 0.2) is 5.82 Å². The lowest BCUT2D eigenvalue weighted by Crippen LogP contribution is -2.30. The van der Waals surface area contributed by atoms with E-state index >= 15 is 0 Å². The van der Waals surface area contributed by atoms with Crippen molar-refractivity contribution in [2.75, 3.05) is 12.4 Å². The Morgan fingerprint density at radius 3 is 2.47 bits per heavy atom. The summed E-state index contributed by atoms with van der Waals surface area (Å²) in [6, 6.07) is 8.76. The molecule has 0 aliphatic carbocycles. The summed E-state index contributed by atoms with van der Waals surface area (Å²) in [5.74, 6) is -3.70. The lowest BCUT2D eigenvalue weighted by Gasteiger charge is -2.13. The highest BCUT2D eigenvalue weighted by molar-refractivity contribution is 6.06. The third kappa shape index (κ3) is 4.34. The topological polar surface area (TPSA) is 103 Å². The van der Waals surface area contributed by atoms with E-state index in [4.69, 9.17) is 9.57 Å². The number of oxime groups is 1. The Morgan fingerprint density at radius 2 is 1.82 bits per heavy atom. The average Bonchev–Trinajstić information content (AvgIpc) is 3.20. The van der Waals surface area contributed by atoms with Crippen LogP contribution in [0.1, 0.15) is 28.4 Å². The van der Waals surface area contributed by atoms with Crippen LogP contribution in [0.25, 0.3) is 11.3 Å². The van der Waals surface area contributed by atoms with Gasteiger partial charge in [-0.3, -0.25) is 9.78 Å². The number of nitrogens with one attached hydrogen (secondary N) is 1. The van der Waals surface area contributed by atoms with E-state index in [1.54, 1.807) is 0 Å². The predicted molar refractivity (Wildman–Crippen MR) is 119 cm³/mol. The number of carbonyl (C=O) groups is 2. The smallest absolute Gasteiger partial charge is 0.350 e. The van der Waals surface area contributed by atoms with Crippen LogP contribution in [-0.2, 0) is 14.4 Å². The van der Waals surface area contributed by atoms with Crippen molar-refractivity contribution in [1.82, 2.24) is 9.97 Å². The molecule has 10 heteroatoms. The van der Waals surface area contributed by atoms with Gasteiger partial charge in [-0.15, -0.1) is 0 Å². The zero-order valence-corrected chi connectivity index (χ0v) is 18.5. The number of hydrogen-bond acceptors (Lipinski definition) is 7. The number of hydrogen-bond donors (Lipinski definition) is 1. The molecule has 1 aromatic heterocycles. The summed E-state index contributed by atoms with van der Waals surface area (Å²) < 4.78 is 32.4. The summed E-state index contributed by atoms with van der Waals surface area (Å²) in [5, 5.41) is 6.41. The second-order valence-electron chi connectivity index (χ2n) is 7.68. The lowest BCUT2D eigenvalue weighted by atomic mass is 9.91. The van der Waals surface area contributed by atoms with Crippen LogP contribution in [0.5, 0.6) is 0 Å². The number of benzene rings is 2. The fourth-order valence-corrected chi connectivity index (χ4v) is 3.59. The number of aromatic nitrogens is 2. The quantitative estimate of drug-likeness (QED) is 0.573. The van der Waals surface area contributed by atoms with Gasteiger partial charge in [-0.2, -0.15) is 0 Å². The van der Waals surface area contributed by atoms with E-state index in [1.807, 2.05) is 32.0 Å². The number of ether oxygens (including phenoxy) is 1. The first kappa shape index (κ1) is 23.0. The number of methoxy groups -OCH3 is 1. The van der Waals surface area contributed by atoms with E-state index in [2.05, 4.69) is 20.4 Å². The lowest BCUT2D eigenvalue weighted by molar-refractivity contribution is -0.154. The van der Waals surface area contributed by atoms with E-state index in [-0.39, 0.29) is 11.7 Å². The number of anilines is 1. The van der Waals surface area contributed by atoms with Crippen LogP contribution >= 0.6 is 0 Å². The Kier molecular flexibility index (Phi) is 6.31. The van der Waals surface area contributed by atoms with Crippen molar-refractivity contribution in [2.24, 2.45) is 11.1 Å². The number of esters is 1. The minimum Gasteiger partial charge on any atom is -0.466 e. The molecule has 2 unspecified atom stereocenters. The Hall–Kier alpha value is -4.21. The van der Waals surface area contributed by atoms with Gasteiger partial charge in [0, 0.05) is 11.1 Å². The fraction of sp³-hybridized carbons (Fsp3) is 0.208. The van der Waals surface area contributed by atoms with Gasteiger partial charge in [-0.25, -0.2) is 18.6 Å². The van der Waals surface area contributed by atoms with Crippen LogP contribution in [0.3, 0.4) is 0 Å². The zero-order valence-electron chi connectivity index (χ0n) is 18.5. The molecule has 34 heavy (non-hydrogen) atoms. The fourth-order valence-electron chi connectivity index (χ4n) is 3.59. The molecule has 1 N–H and O–H groups in total. The van der Waals surface area contributed by atoms with Gasteiger partial charge in [-0.05, 0) is 30.7 Å². The van der Waals surface area contributed by atoms with Crippen LogP contribution in [0.15, 0.2) is 53.9 Å². The summed E-state index contributed by atoms with van der Waals surface area (Å²) in [7, 11) is 1.29. The molecule has 1 amide bonds. The van der Waals surface area contributed by atoms with E-state index in [9.17, 15) is 18.4 Å². The Balaban J connectivity index is 1.55. The van der Waals surface area contributed by atoms with Crippen molar-refractivity contribution in [3.05, 3.63) is 77.1 Å². The van der Waals surface area contributed by atoms with Gasteiger partial charge in [0.05, 0.1) is 36.8 Å². The minimum atomic E-state index is -0.975. The normalized spacial score (nSPS) is 17.0. The molecular weight excluding hydrogens is 446 g/mol. The first-order chi connectivity index (χ1) is 16.3. The zero-order chi connectivity index (χ0) is 24.4. The third-order valence-corrected chi connectivity index (χ3v) is 5.48. The highest BCUT2D eigenvalue weighted by atomic mass is 19.1. The van der Waals surface area contributed by atoms with Gasteiger partial charge in [0.25, 0.3) is 5.91 Å². The Labute approximate surface area is 193 Å². The first-order valence-electron chi connectivity index (χ1n) is 10.3. The van der Waals surface area contributed by atoms with Gasteiger partial charge in [0.1, 0.15) is 17.2 Å². The molecule has 2 atom stereocenters. The molecule has 174 valence electrons. The van der Waals surface area contributed by atoms with E-state index in [0.717, 1.165) is 28.8 Å². The maximum Gasteiger partial charge on any atom is 0.350 e. The van der Waals surface area contributed by atoms with Crippen LogP contribution in [0.4, 0.5) is 14.6 Å². The van der Waals surface area contributed by atoms with Gasteiger partial charge in [-0.1, -0.05) is 30.3 Å². The number of nitrogens with zero attached hydrogens (tertiary/aromatic N) is 3. The monoisotopic (exact) mass is 466 g/mol. The van der Waals surface area contributed by atoms with Crippen LogP contribution in [0.2, 0.25) is 0 Å². The highest BCUT2D eigenvalue weighted by Crippen LogP contribution is 2.28. The molecule has 0 bridgehead atoms. The maximum atomic E-state index is 13.8. The van der Waals surface area contributed by atoms with Crippen molar-refractivity contribution in [3.63, 3.8) is 0 Å². The summed E-state index contributed by atoms with van der Waals surface area (Å²) in [4.78, 5) is 37.9.